The quantitative estimate of drug-likeness (QED) is 0.115. The first-order valence-corrected chi connectivity index (χ1v) is 3.63. The zero-order valence-corrected chi connectivity index (χ0v) is 7.07. The lowest BCUT2D eigenvalue weighted by Crippen LogP contribution is -2.52. The Balaban J connectivity index is 4.37. The van der Waals surface area contributed by atoms with Crippen molar-refractivity contribution in [3.63, 3.8) is 0 Å². The van der Waals surface area contributed by atoms with Gasteiger partial charge in [-0.25, -0.2) is 5.84 Å². The van der Waals surface area contributed by atoms with Crippen molar-refractivity contribution in [3.05, 3.63) is 0 Å². The van der Waals surface area contributed by atoms with E-state index in [2.05, 4.69) is 5.84 Å². The number of rotatable bonds is 5. The average Bonchev–Trinajstić information content (AvgIpc) is 2.23. The molecule has 4 atom stereocenters. The van der Waals surface area contributed by atoms with Gasteiger partial charge in [0.25, 0.3) is 5.91 Å². The van der Waals surface area contributed by atoms with Gasteiger partial charge >= 0.3 is 0 Å². The number of nitrogens with one attached hydrogen (secondary N) is 1. The second-order valence-corrected chi connectivity index (χ2v) is 2.56. The molecule has 0 aromatic carbocycles. The number of hydrogen-bond acceptors (Lipinski definition) is 7. The van der Waals surface area contributed by atoms with E-state index in [1.807, 2.05) is 0 Å². The molecule has 0 aliphatic carbocycles. The Labute approximate surface area is 78.9 Å². The molecule has 0 fully saturated rings. The van der Waals surface area contributed by atoms with Crippen molar-refractivity contribution in [1.29, 1.82) is 0 Å². The topological polar surface area (TPSA) is 153 Å². The maximum Gasteiger partial charge on any atom is 0.265 e. The molecule has 0 aliphatic rings. The monoisotopic (exact) mass is 208 g/mol. The lowest BCUT2D eigenvalue weighted by Gasteiger charge is -2.22. The van der Waals surface area contributed by atoms with Crippen LogP contribution in [0.3, 0.4) is 0 Å². The van der Waals surface area contributed by atoms with Crippen molar-refractivity contribution in [3.8, 4) is 0 Å². The summed E-state index contributed by atoms with van der Waals surface area (Å²) in [6, 6.07) is 0. The van der Waals surface area contributed by atoms with Crippen LogP contribution >= 0.6 is 0 Å². The van der Waals surface area contributed by atoms with Gasteiger partial charge in [-0.3, -0.25) is 10.2 Å². The summed E-state index contributed by atoms with van der Waals surface area (Å²) in [6.45, 7) is 0. The Bertz CT molecular complexity index is 210. The molecule has 1 amide bonds. The number of hydrogen-bond donors (Lipinski definition) is 6. The summed E-state index contributed by atoms with van der Waals surface area (Å²) < 4.78 is 0. The highest BCUT2D eigenvalue weighted by atomic mass is 16.4. The molecule has 8 nitrogen and oxygen atoms in total. The predicted molar refractivity (Wildman–Crippen MR) is 42.4 cm³/mol. The number of hydrazine groups is 1. The maximum atomic E-state index is 10.6. The molecule has 0 heterocycles. The van der Waals surface area contributed by atoms with Crippen LogP contribution in [-0.4, -0.2) is 57.0 Å². The Kier molecular flexibility index (Phi) is 5.20. The van der Waals surface area contributed by atoms with Crippen molar-refractivity contribution in [1.82, 2.24) is 5.43 Å². The molecule has 14 heavy (non-hydrogen) atoms. The van der Waals surface area contributed by atoms with Crippen LogP contribution in [0.5, 0.6) is 0 Å². The molecule has 0 bridgehead atoms. The van der Waals surface area contributed by atoms with Gasteiger partial charge in [-0.2, -0.15) is 0 Å². The number of aliphatic hydroxyl groups is 4. The highest BCUT2D eigenvalue weighted by Crippen LogP contribution is 2.03. The molecule has 0 aromatic heterocycles. The average molecular weight is 208 g/mol. The fourth-order valence-electron chi connectivity index (χ4n) is 0.710. The first kappa shape index (κ1) is 12.9. The van der Waals surface area contributed by atoms with E-state index in [-0.39, 0.29) is 6.29 Å². The van der Waals surface area contributed by atoms with Crippen LogP contribution in [-0.2, 0) is 9.59 Å². The van der Waals surface area contributed by atoms with Crippen LogP contribution in [0, 0.1) is 0 Å². The molecule has 0 spiro atoms. The largest absolute Gasteiger partial charge is 0.387 e. The van der Waals surface area contributed by atoms with Crippen LogP contribution in [0.1, 0.15) is 0 Å². The Morgan fingerprint density at radius 2 is 1.71 bits per heavy atom. The first-order chi connectivity index (χ1) is 6.45. The molecular formula is C6H12N2O6. The zero-order valence-electron chi connectivity index (χ0n) is 7.07. The number of aliphatic hydroxyl groups excluding tert-OH is 4. The van der Waals surface area contributed by atoms with Crippen LogP contribution in [0.25, 0.3) is 0 Å². The van der Waals surface area contributed by atoms with Gasteiger partial charge in [0.05, 0.1) is 0 Å². The number of carbonyl (C=O) groups excluding carboxylic acids is 2. The Morgan fingerprint density at radius 3 is 2.07 bits per heavy atom. The summed E-state index contributed by atoms with van der Waals surface area (Å²) in [5.74, 6) is 3.49. The second-order valence-electron chi connectivity index (χ2n) is 2.56. The van der Waals surface area contributed by atoms with Gasteiger partial charge in [0.1, 0.15) is 18.3 Å². The molecule has 7 N–H and O–H groups in total. The minimum atomic E-state index is -2.02. The lowest BCUT2D eigenvalue weighted by atomic mass is 10.0. The fourth-order valence-corrected chi connectivity index (χ4v) is 0.710. The summed E-state index contributed by atoms with van der Waals surface area (Å²) in [7, 11) is 0. The van der Waals surface area contributed by atoms with Crippen molar-refractivity contribution in [2.24, 2.45) is 5.84 Å². The van der Waals surface area contributed by atoms with Gasteiger partial charge < -0.3 is 25.2 Å². The van der Waals surface area contributed by atoms with Crippen molar-refractivity contribution in [2.45, 2.75) is 24.4 Å². The lowest BCUT2D eigenvalue weighted by molar-refractivity contribution is -0.149. The molecular weight excluding hydrogens is 196 g/mol. The summed E-state index contributed by atoms with van der Waals surface area (Å²) in [4.78, 5) is 20.6. The number of carbonyl (C=O) groups is 2. The van der Waals surface area contributed by atoms with Crippen molar-refractivity contribution < 1.29 is 30.0 Å². The SMILES string of the molecule is NNC(=O)[C@H](O)[C@@H](O)[C@@H](O)[C@H](O)C=O. The molecule has 0 rings (SSSR count). The number of amides is 1. The zero-order chi connectivity index (χ0) is 11.3. The Hall–Kier alpha value is -1.06. The van der Waals surface area contributed by atoms with E-state index in [0.29, 0.717) is 0 Å². The van der Waals surface area contributed by atoms with Gasteiger partial charge in [-0.15, -0.1) is 0 Å². The van der Waals surface area contributed by atoms with E-state index >= 15 is 0 Å². The second kappa shape index (κ2) is 5.62. The van der Waals surface area contributed by atoms with Gasteiger partial charge in [0.2, 0.25) is 0 Å². The van der Waals surface area contributed by atoms with E-state index in [4.69, 9.17) is 20.4 Å². The van der Waals surface area contributed by atoms with Crippen LogP contribution in [0.15, 0.2) is 0 Å². The summed E-state index contributed by atoms with van der Waals surface area (Å²) in [6.07, 6.45) is -7.91. The third-order valence-electron chi connectivity index (χ3n) is 1.57. The molecule has 0 aliphatic heterocycles. The Morgan fingerprint density at radius 1 is 1.21 bits per heavy atom. The number of nitrogens with two attached hydrogens (primary N) is 1. The van der Waals surface area contributed by atoms with Crippen LogP contribution in [0.2, 0.25) is 0 Å². The molecule has 8 heteroatoms. The first-order valence-electron chi connectivity index (χ1n) is 3.63. The third kappa shape index (κ3) is 3.01. The summed E-state index contributed by atoms with van der Waals surface area (Å²) in [5.41, 5.74) is 1.53. The molecule has 0 saturated heterocycles. The highest BCUT2D eigenvalue weighted by molar-refractivity contribution is 5.80. The fraction of sp³-hybridized carbons (Fsp3) is 0.667. The van der Waals surface area contributed by atoms with E-state index in [9.17, 15) is 9.59 Å². The number of aldehydes is 1. The van der Waals surface area contributed by atoms with Crippen LogP contribution < -0.4 is 11.3 Å². The normalized spacial score (nSPS) is 19.2. The van der Waals surface area contributed by atoms with Crippen molar-refractivity contribution in [2.75, 3.05) is 0 Å². The maximum absolute atomic E-state index is 10.6. The predicted octanol–water partition coefficient (Wildman–Crippen LogP) is -4.38. The summed E-state index contributed by atoms with van der Waals surface area (Å²) >= 11 is 0. The van der Waals surface area contributed by atoms with Gasteiger partial charge in [-0.1, -0.05) is 0 Å². The highest BCUT2D eigenvalue weighted by Gasteiger charge is 2.33. The smallest absolute Gasteiger partial charge is 0.265 e. The minimum Gasteiger partial charge on any atom is -0.387 e. The van der Waals surface area contributed by atoms with Gasteiger partial charge in [0.15, 0.2) is 12.4 Å². The van der Waals surface area contributed by atoms with E-state index < -0.39 is 30.3 Å². The van der Waals surface area contributed by atoms with E-state index in [1.165, 1.54) is 5.43 Å². The van der Waals surface area contributed by atoms with Crippen molar-refractivity contribution >= 4 is 12.2 Å². The van der Waals surface area contributed by atoms with E-state index in [0.717, 1.165) is 0 Å². The van der Waals surface area contributed by atoms with Gasteiger partial charge in [0, 0.05) is 0 Å². The van der Waals surface area contributed by atoms with Gasteiger partial charge in [-0.05, 0) is 0 Å². The molecule has 0 aromatic rings. The van der Waals surface area contributed by atoms with Crippen LogP contribution in [0.4, 0.5) is 0 Å². The molecule has 0 saturated carbocycles. The molecule has 0 unspecified atom stereocenters. The molecule has 82 valence electrons. The third-order valence-corrected chi connectivity index (χ3v) is 1.57. The van der Waals surface area contributed by atoms with E-state index in [1.54, 1.807) is 0 Å². The standard InChI is InChI=1S/C6H12N2O6/c7-8-6(14)5(13)4(12)3(11)2(10)1-9/h1-5,10-13H,7H2,(H,8,14)/t2-,3+,4+,5-/m1/s1. The molecule has 0 radical (unpaired) electrons. The summed E-state index contributed by atoms with van der Waals surface area (Å²) in [5, 5.41) is 35.8. The minimum absolute atomic E-state index is 0.0407.